The molecule has 0 saturated carbocycles. The quantitative estimate of drug-likeness (QED) is 0.440. The number of halogens is 1. The summed E-state index contributed by atoms with van der Waals surface area (Å²) in [7, 11) is 1.88. The van der Waals surface area contributed by atoms with Crippen LogP contribution in [0, 0.1) is 0 Å². The maximum atomic E-state index is 11.7. The largest absolute Gasteiger partial charge is 0.477 e. The first kappa shape index (κ1) is 22.3. The van der Waals surface area contributed by atoms with Crippen molar-refractivity contribution in [2.75, 3.05) is 11.4 Å². The van der Waals surface area contributed by atoms with Gasteiger partial charge in [0.25, 0.3) is 0 Å². The van der Waals surface area contributed by atoms with E-state index in [1.165, 1.54) is 0 Å². The topological polar surface area (TPSA) is 114 Å². The van der Waals surface area contributed by atoms with E-state index in [1.807, 2.05) is 43.6 Å². The van der Waals surface area contributed by atoms with E-state index in [1.54, 1.807) is 16.9 Å². The van der Waals surface area contributed by atoms with Gasteiger partial charge in [0, 0.05) is 42.0 Å². The normalized spacial score (nSPS) is 12.6. The van der Waals surface area contributed by atoms with Crippen molar-refractivity contribution in [3.8, 4) is 11.1 Å². The Bertz CT molecular complexity index is 1350. The Morgan fingerprint density at radius 2 is 2.00 bits per heavy atom. The summed E-state index contributed by atoms with van der Waals surface area (Å²) in [6.45, 7) is 0.746. The first-order chi connectivity index (χ1) is 15.9. The number of aryl methyl sites for hydroxylation is 2. The molecule has 1 aliphatic heterocycles. The Morgan fingerprint density at radius 1 is 1.24 bits per heavy atom. The zero-order valence-corrected chi connectivity index (χ0v) is 18.7. The standard InChI is InChI=1S/C23H19ClN4O2.CH3NO/c1-27-13-16(12-25-27)18-9-15-6-4-8-28(21(15)11-19(18)24)22-17-7-3-2-5-14(17)10-20(26-22)23(29)30;2-1-3/h2-3,5,7,9-13H,4,6,8H2,1H3,(H,29,30);1H,(H2,2,3). The van der Waals surface area contributed by atoms with Crippen LogP contribution >= 0.6 is 11.6 Å². The minimum Gasteiger partial charge on any atom is -0.477 e. The number of hydrogen-bond donors (Lipinski definition) is 2. The van der Waals surface area contributed by atoms with E-state index in [-0.39, 0.29) is 12.1 Å². The fourth-order valence-corrected chi connectivity index (χ4v) is 4.37. The Labute approximate surface area is 195 Å². The molecule has 0 radical (unpaired) electrons. The average Bonchev–Trinajstić information content (AvgIpc) is 3.24. The smallest absolute Gasteiger partial charge is 0.354 e. The molecular formula is C24H22ClN5O3. The number of aromatic carboxylic acids is 1. The summed E-state index contributed by atoms with van der Waals surface area (Å²) >= 11 is 6.68. The van der Waals surface area contributed by atoms with E-state index < -0.39 is 5.97 Å². The number of carboxylic acids is 1. The molecule has 0 aliphatic carbocycles. The van der Waals surface area contributed by atoms with Gasteiger partial charge in [0.2, 0.25) is 6.41 Å². The summed E-state index contributed by atoms with van der Waals surface area (Å²) in [5, 5.41) is 16.2. The summed E-state index contributed by atoms with van der Waals surface area (Å²) in [4.78, 5) is 26.9. The number of nitrogens with two attached hydrogens (primary N) is 1. The number of amides is 1. The van der Waals surface area contributed by atoms with E-state index in [4.69, 9.17) is 16.4 Å². The van der Waals surface area contributed by atoms with Gasteiger partial charge in [-0.1, -0.05) is 35.9 Å². The highest BCUT2D eigenvalue weighted by molar-refractivity contribution is 6.33. The molecule has 8 nitrogen and oxygen atoms in total. The SMILES string of the molecule is Cn1cc(-c2cc3c(cc2Cl)N(c2nc(C(=O)O)cc4ccccc24)CCC3)cn1.NC=O. The molecule has 168 valence electrons. The molecule has 1 aliphatic rings. The van der Waals surface area contributed by atoms with E-state index >= 15 is 0 Å². The van der Waals surface area contributed by atoms with E-state index in [2.05, 4.69) is 26.8 Å². The lowest BCUT2D eigenvalue weighted by Gasteiger charge is -2.32. The van der Waals surface area contributed by atoms with Crippen molar-refractivity contribution in [3.63, 3.8) is 0 Å². The van der Waals surface area contributed by atoms with Crippen molar-refractivity contribution in [1.82, 2.24) is 14.8 Å². The second kappa shape index (κ2) is 9.30. The Kier molecular flexibility index (Phi) is 6.28. The molecule has 0 unspecified atom stereocenters. The number of anilines is 2. The molecule has 0 saturated heterocycles. The molecule has 0 atom stereocenters. The van der Waals surface area contributed by atoms with Gasteiger partial charge in [-0.2, -0.15) is 5.10 Å². The van der Waals surface area contributed by atoms with Gasteiger partial charge in [-0.25, -0.2) is 9.78 Å². The van der Waals surface area contributed by atoms with Gasteiger partial charge in [-0.05, 0) is 42.0 Å². The first-order valence-corrected chi connectivity index (χ1v) is 10.7. The minimum atomic E-state index is -1.04. The molecule has 33 heavy (non-hydrogen) atoms. The molecule has 3 heterocycles. The molecule has 2 aromatic heterocycles. The van der Waals surface area contributed by atoms with Crippen molar-refractivity contribution in [2.45, 2.75) is 12.8 Å². The number of hydrogen-bond acceptors (Lipinski definition) is 5. The van der Waals surface area contributed by atoms with Gasteiger partial charge in [0.15, 0.2) is 5.69 Å². The zero-order valence-electron chi connectivity index (χ0n) is 17.9. The fourth-order valence-electron chi connectivity index (χ4n) is 4.10. The van der Waals surface area contributed by atoms with Crippen LogP contribution in [0.1, 0.15) is 22.5 Å². The summed E-state index contributed by atoms with van der Waals surface area (Å²) in [6, 6.07) is 13.4. The maximum absolute atomic E-state index is 11.7. The van der Waals surface area contributed by atoms with Crippen molar-refractivity contribution >= 4 is 46.3 Å². The van der Waals surface area contributed by atoms with E-state index in [9.17, 15) is 9.90 Å². The Morgan fingerprint density at radius 3 is 2.70 bits per heavy atom. The monoisotopic (exact) mass is 463 g/mol. The highest BCUT2D eigenvalue weighted by Gasteiger charge is 2.24. The van der Waals surface area contributed by atoms with Crippen LogP contribution in [0.3, 0.4) is 0 Å². The molecule has 2 aromatic carbocycles. The molecule has 5 rings (SSSR count). The van der Waals surface area contributed by atoms with Crippen molar-refractivity contribution < 1.29 is 14.7 Å². The van der Waals surface area contributed by atoms with Crippen molar-refractivity contribution in [3.05, 3.63) is 71.1 Å². The summed E-state index contributed by atoms with van der Waals surface area (Å²) in [6.07, 6.45) is 5.86. The fraction of sp³-hybridized carbons (Fsp3) is 0.167. The summed E-state index contributed by atoms with van der Waals surface area (Å²) < 4.78 is 1.75. The van der Waals surface area contributed by atoms with Crippen LogP contribution in [0.2, 0.25) is 5.02 Å². The number of nitrogens with zero attached hydrogens (tertiary/aromatic N) is 4. The van der Waals surface area contributed by atoms with Gasteiger partial charge in [-0.15, -0.1) is 0 Å². The van der Waals surface area contributed by atoms with Gasteiger partial charge < -0.3 is 15.7 Å². The third-order valence-corrected chi connectivity index (χ3v) is 5.81. The van der Waals surface area contributed by atoms with Crippen LogP contribution in [0.25, 0.3) is 21.9 Å². The molecule has 0 spiro atoms. The molecule has 0 fully saturated rings. The number of rotatable bonds is 3. The molecule has 3 N–H and O–H groups in total. The summed E-state index contributed by atoms with van der Waals surface area (Å²) in [5.41, 5.74) is 8.26. The molecule has 4 aromatic rings. The van der Waals surface area contributed by atoms with E-state index in [0.717, 1.165) is 52.5 Å². The van der Waals surface area contributed by atoms with Crippen molar-refractivity contribution in [2.24, 2.45) is 12.8 Å². The van der Waals surface area contributed by atoms with Crippen LogP contribution in [-0.4, -0.2) is 38.8 Å². The number of carbonyl (C=O) groups excluding carboxylic acids is 1. The van der Waals surface area contributed by atoms with Gasteiger partial charge in [0.1, 0.15) is 5.82 Å². The number of benzene rings is 2. The number of aromatic nitrogens is 3. The van der Waals surface area contributed by atoms with Crippen LogP contribution in [-0.2, 0) is 18.3 Å². The van der Waals surface area contributed by atoms with Crippen LogP contribution in [0.5, 0.6) is 0 Å². The lowest BCUT2D eigenvalue weighted by Crippen LogP contribution is -2.26. The first-order valence-electron chi connectivity index (χ1n) is 10.3. The number of primary amides is 1. The molecule has 0 bridgehead atoms. The third kappa shape index (κ3) is 4.38. The maximum Gasteiger partial charge on any atom is 0.354 e. The zero-order chi connectivity index (χ0) is 23.5. The van der Waals surface area contributed by atoms with Gasteiger partial charge in [-0.3, -0.25) is 9.48 Å². The number of pyridine rings is 1. The summed E-state index contributed by atoms with van der Waals surface area (Å²) in [5.74, 6) is -0.388. The molecular weight excluding hydrogens is 442 g/mol. The predicted octanol–water partition coefficient (Wildman–Crippen LogP) is 4.17. The average molecular weight is 464 g/mol. The second-order valence-corrected chi connectivity index (χ2v) is 8.02. The van der Waals surface area contributed by atoms with Crippen LogP contribution in [0.4, 0.5) is 11.5 Å². The number of fused-ring (bicyclic) bond motifs is 2. The van der Waals surface area contributed by atoms with E-state index in [0.29, 0.717) is 10.8 Å². The van der Waals surface area contributed by atoms with Crippen LogP contribution in [0.15, 0.2) is 54.9 Å². The minimum absolute atomic E-state index is 0.0360. The molecule has 9 heteroatoms. The lowest BCUT2D eigenvalue weighted by molar-refractivity contribution is -0.106. The Hall–Kier alpha value is -3.91. The Balaban J connectivity index is 0.000000821. The van der Waals surface area contributed by atoms with Crippen LogP contribution < -0.4 is 10.6 Å². The predicted molar refractivity (Wildman–Crippen MR) is 128 cm³/mol. The number of carboxylic acid groups (broad SMARTS) is 1. The van der Waals surface area contributed by atoms with Crippen molar-refractivity contribution in [1.29, 1.82) is 0 Å². The number of carbonyl (C=O) groups is 2. The third-order valence-electron chi connectivity index (χ3n) is 5.50. The highest BCUT2D eigenvalue weighted by atomic mass is 35.5. The molecule has 1 amide bonds. The highest BCUT2D eigenvalue weighted by Crippen LogP contribution is 2.41. The second-order valence-electron chi connectivity index (χ2n) is 7.61. The van der Waals surface area contributed by atoms with Gasteiger partial charge in [0.05, 0.1) is 11.2 Å². The lowest BCUT2D eigenvalue weighted by atomic mass is 9.96. The van der Waals surface area contributed by atoms with Gasteiger partial charge >= 0.3 is 5.97 Å².